The summed E-state index contributed by atoms with van der Waals surface area (Å²) in [6.45, 7) is 10.1. The summed E-state index contributed by atoms with van der Waals surface area (Å²) < 4.78 is 11.1. The molecule has 0 aromatic rings. The van der Waals surface area contributed by atoms with Gasteiger partial charge in [-0.2, -0.15) is 0 Å². The lowest BCUT2D eigenvalue weighted by Gasteiger charge is -2.15. The van der Waals surface area contributed by atoms with Crippen molar-refractivity contribution in [2.24, 2.45) is 11.5 Å². The Hall–Kier alpha value is -1.70. The molecule has 0 saturated carbocycles. The van der Waals surface area contributed by atoms with E-state index in [0.717, 1.165) is 65.0 Å². The van der Waals surface area contributed by atoms with E-state index in [-0.39, 0.29) is 12.1 Å². The number of likely N-dealkylation sites (tertiary alicyclic amines) is 2. The fourth-order valence-corrected chi connectivity index (χ4v) is 3.98. The zero-order chi connectivity index (χ0) is 24.4. The Morgan fingerprint density at radius 3 is 1.47 bits per heavy atom. The summed E-state index contributed by atoms with van der Waals surface area (Å²) in [5, 5.41) is 11.2. The van der Waals surface area contributed by atoms with E-state index in [2.05, 4.69) is 31.1 Å². The number of hydrogen-bond acceptors (Lipinski definition) is 8. The average Bonchev–Trinajstić information content (AvgIpc) is 3.42. The van der Waals surface area contributed by atoms with Crippen LogP contribution in [0.2, 0.25) is 0 Å². The fourth-order valence-electron chi connectivity index (χ4n) is 3.98. The maximum absolute atomic E-state index is 11.7. The van der Waals surface area contributed by atoms with Gasteiger partial charge >= 0.3 is 12.1 Å². The Morgan fingerprint density at radius 1 is 0.676 bits per heavy atom. The fraction of sp³-hybridized carbons (Fsp3) is 0.909. The number of urea groups is 2. The van der Waals surface area contributed by atoms with Crippen molar-refractivity contribution >= 4 is 12.1 Å². The maximum Gasteiger partial charge on any atom is 0.314 e. The topological polar surface area (TPSA) is 159 Å². The van der Waals surface area contributed by atoms with Gasteiger partial charge in [-0.3, -0.25) is 9.80 Å². The minimum atomic E-state index is -0.201. The van der Waals surface area contributed by atoms with Gasteiger partial charge in [0.05, 0.1) is 26.4 Å². The molecule has 2 fully saturated rings. The molecule has 2 saturated heterocycles. The number of nitrogens with zero attached hydrogens (tertiary/aromatic N) is 2. The zero-order valence-electron chi connectivity index (χ0n) is 20.6. The molecule has 0 unspecified atom stereocenters. The van der Waals surface area contributed by atoms with Gasteiger partial charge in [-0.05, 0) is 38.8 Å². The van der Waals surface area contributed by atoms with Gasteiger partial charge in [-0.1, -0.05) is 0 Å². The van der Waals surface area contributed by atoms with E-state index < -0.39 is 0 Å². The lowest BCUT2D eigenvalue weighted by Crippen LogP contribution is -2.39. The Kier molecular flexibility index (Phi) is 14.9. The Balaban J connectivity index is 1.27. The van der Waals surface area contributed by atoms with E-state index in [1.165, 1.54) is 0 Å². The van der Waals surface area contributed by atoms with Crippen LogP contribution in [-0.2, 0) is 9.47 Å². The number of carbonyl (C=O) groups is 2. The van der Waals surface area contributed by atoms with Crippen molar-refractivity contribution in [3.8, 4) is 0 Å². The Labute approximate surface area is 203 Å². The number of amides is 4. The van der Waals surface area contributed by atoms with E-state index in [4.69, 9.17) is 20.9 Å². The zero-order valence-corrected chi connectivity index (χ0v) is 20.6. The SMILES string of the molecule is N[C@@H]1CCN(CCOCCNC(=O)NCCCCNC(=O)NCCOCCN2CC[C@@H](N)C2)C1. The highest BCUT2D eigenvalue weighted by Crippen LogP contribution is 2.06. The molecule has 0 aromatic carbocycles. The van der Waals surface area contributed by atoms with Crippen molar-refractivity contribution in [3.63, 3.8) is 0 Å². The molecule has 0 spiro atoms. The second-order valence-electron chi connectivity index (χ2n) is 9.00. The van der Waals surface area contributed by atoms with Crippen molar-refractivity contribution in [2.75, 3.05) is 91.9 Å². The Morgan fingerprint density at radius 2 is 1.09 bits per heavy atom. The smallest absolute Gasteiger partial charge is 0.314 e. The summed E-state index contributed by atoms with van der Waals surface area (Å²) in [6, 6.07) is 0.178. The van der Waals surface area contributed by atoms with Gasteiger partial charge in [0.25, 0.3) is 0 Å². The van der Waals surface area contributed by atoms with Crippen LogP contribution >= 0.6 is 0 Å². The Bertz CT molecular complexity index is 523. The molecule has 2 rings (SSSR count). The van der Waals surface area contributed by atoms with Crippen LogP contribution in [0.25, 0.3) is 0 Å². The molecule has 0 radical (unpaired) electrons. The van der Waals surface area contributed by atoms with Gasteiger partial charge < -0.3 is 42.2 Å². The third-order valence-electron chi connectivity index (χ3n) is 5.96. The first kappa shape index (κ1) is 28.5. The second-order valence-corrected chi connectivity index (χ2v) is 9.00. The summed E-state index contributed by atoms with van der Waals surface area (Å²) in [5.41, 5.74) is 11.7. The van der Waals surface area contributed by atoms with Crippen LogP contribution in [0.5, 0.6) is 0 Å². The lowest BCUT2D eigenvalue weighted by atomic mass is 10.3. The number of ether oxygens (including phenoxy) is 2. The van der Waals surface area contributed by atoms with Crippen molar-refractivity contribution in [1.29, 1.82) is 0 Å². The molecule has 0 aromatic heterocycles. The highest BCUT2D eigenvalue weighted by Gasteiger charge is 2.18. The van der Waals surface area contributed by atoms with Crippen molar-refractivity contribution in [3.05, 3.63) is 0 Å². The van der Waals surface area contributed by atoms with Crippen LogP contribution in [0, 0.1) is 0 Å². The van der Waals surface area contributed by atoms with Gasteiger partial charge in [0, 0.05) is 64.4 Å². The maximum atomic E-state index is 11.7. The summed E-state index contributed by atoms with van der Waals surface area (Å²) in [4.78, 5) is 28.1. The predicted octanol–water partition coefficient (Wildman–Crippen LogP) is -1.54. The first-order chi connectivity index (χ1) is 16.5. The quantitative estimate of drug-likeness (QED) is 0.135. The number of hydrogen-bond donors (Lipinski definition) is 6. The molecule has 12 nitrogen and oxygen atoms in total. The number of nitrogens with one attached hydrogen (secondary N) is 4. The van der Waals surface area contributed by atoms with Crippen LogP contribution in [0.3, 0.4) is 0 Å². The molecule has 0 aliphatic carbocycles. The molecule has 8 N–H and O–H groups in total. The first-order valence-corrected chi connectivity index (χ1v) is 12.7. The molecule has 0 bridgehead atoms. The molecule has 2 heterocycles. The molecule has 198 valence electrons. The predicted molar refractivity (Wildman–Crippen MR) is 132 cm³/mol. The summed E-state index contributed by atoms with van der Waals surface area (Å²) >= 11 is 0. The van der Waals surface area contributed by atoms with Crippen molar-refractivity contribution < 1.29 is 19.1 Å². The summed E-state index contributed by atoms with van der Waals surface area (Å²) in [7, 11) is 0. The molecule has 2 aliphatic rings. The molecule has 2 atom stereocenters. The highest BCUT2D eigenvalue weighted by molar-refractivity contribution is 5.74. The van der Waals surface area contributed by atoms with Crippen LogP contribution in [0.1, 0.15) is 25.7 Å². The van der Waals surface area contributed by atoms with E-state index in [0.29, 0.717) is 64.7 Å². The highest BCUT2D eigenvalue weighted by atomic mass is 16.5. The van der Waals surface area contributed by atoms with Gasteiger partial charge in [0.2, 0.25) is 0 Å². The van der Waals surface area contributed by atoms with Gasteiger partial charge in [0.1, 0.15) is 0 Å². The van der Waals surface area contributed by atoms with Crippen LogP contribution in [0.15, 0.2) is 0 Å². The first-order valence-electron chi connectivity index (χ1n) is 12.7. The van der Waals surface area contributed by atoms with Gasteiger partial charge in [-0.15, -0.1) is 0 Å². The van der Waals surface area contributed by atoms with Gasteiger partial charge in [0.15, 0.2) is 0 Å². The average molecular weight is 487 g/mol. The molecule has 2 aliphatic heterocycles. The van der Waals surface area contributed by atoms with Crippen molar-refractivity contribution in [2.45, 2.75) is 37.8 Å². The van der Waals surface area contributed by atoms with E-state index in [1.807, 2.05) is 0 Å². The van der Waals surface area contributed by atoms with E-state index >= 15 is 0 Å². The van der Waals surface area contributed by atoms with Gasteiger partial charge in [-0.25, -0.2) is 9.59 Å². The molecule has 34 heavy (non-hydrogen) atoms. The monoisotopic (exact) mass is 486 g/mol. The summed E-state index contributed by atoms with van der Waals surface area (Å²) in [5.74, 6) is 0. The molecular weight excluding hydrogens is 440 g/mol. The third kappa shape index (κ3) is 13.9. The van der Waals surface area contributed by atoms with E-state index in [1.54, 1.807) is 0 Å². The van der Waals surface area contributed by atoms with Crippen LogP contribution in [0.4, 0.5) is 9.59 Å². The van der Waals surface area contributed by atoms with Crippen LogP contribution in [-0.4, -0.2) is 126 Å². The standard InChI is InChI=1S/C22H46N8O4/c23-19-3-9-29(17-19)11-15-33-13-7-27-21(31)25-5-1-2-6-26-22(32)28-8-14-34-16-12-30-10-4-20(24)18-30/h19-20H,1-18,23-24H2,(H2,25,27,31)(H2,26,28,32)/t19-,20-/m1/s1. The molecular formula is C22H46N8O4. The minimum Gasteiger partial charge on any atom is -0.378 e. The van der Waals surface area contributed by atoms with Crippen LogP contribution < -0.4 is 32.7 Å². The molecule has 12 heteroatoms. The summed E-state index contributed by atoms with van der Waals surface area (Å²) in [6.07, 6.45) is 3.67. The van der Waals surface area contributed by atoms with Crippen molar-refractivity contribution in [1.82, 2.24) is 31.1 Å². The third-order valence-corrected chi connectivity index (χ3v) is 5.96. The normalized spacial score (nSPS) is 21.0. The molecule has 4 amide bonds. The number of nitrogens with two attached hydrogens (primary N) is 2. The lowest BCUT2D eigenvalue weighted by molar-refractivity contribution is 0.113. The van der Waals surface area contributed by atoms with E-state index in [9.17, 15) is 9.59 Å². The number of rotatable bonds is 17. The largest absolute Gasteiger partial charge is 0.378 e. The number of unbranched alkanes of at least 4 members (excludes halogenated alkanes) is 1. The number of carbonyl (C=O) groups excluding carboxylic acids is 2. The minimum absolute atomic E-state index is 0.201. The second kappa shape index (κ2) is 17.7.